The molecule has 0 radical (unpaired) electrons. The van der Waals surface area contributed by atoms with Gasteiger partial charge in [-0.05, 0) is 42.7 Å². The van der Waals surface area contributed by atoms with E-state index in [-0.39, 0.29) is 5.54 Å². The maximum absolute atomic E-state index is 6.19. The average Bonchev–Trinajstić information content (AvgIpc) is 2.94. The van der Waals surface area contributed by atoms with Crippen molar-refractivity contribution in [1.29, 1.82) is 0 Å². The lowest BCUT2D eigenvalue weighted by Crippen LogP contribution is -2.38. The number of nitrogens with zero attached hydrogens (tertiary/aromatic N) is 4. The second kappa shape index (κ2) is 4.91. The number of benzene rings is 1. The number of rotatable bonds is 4. The van der Waals surface area contributed by atoms with Crippen LogP contribution in [0, 0.1) is 0 Å². The Kier molecular flexibility index (Phi) is 3.19. The first-order valence-corrected chi connectivity index (χ1v) is 6.90. The van der Waals surface area contributed by atoms with Gasteiger partial charge in [0.15, 0.2) is 5.82 Å². The van der Waals surface area contributed by atoms with Gasteiger partial charge in [0, 0.05) is 6.07 Å². The molecule has 1 aliphatic carbocycles. The molecule has 0 bridgehead atoms. The lowest BCUT2D eigenvalue weighted by molar-refractivity contribution is 0.148. The van der Waals surface area contributed by atoms with Gasteiger partial charge >= 0.3 is 0 Å². The average molecular weight is 289 g/mol. The fourth-order valence-corrected chi connectivity index (χ4v) is 2.69. The van der Waals surface area contributed by atoms with Gasteiger partial charge in [0.2, 0.25) is 0 Å². The number of aromatic nitrogens is 4. The predicted molar refractivity (Wildman–Crippen MR) is 78.3 cm³/mol. The molecular weight excluding hydrogens is 270 g/mol. The summed E-state index contributed by atoms with van der Waals surface area (Å²) in [5, 5.41) is 12.1. The van der Waals surface area contributed by atoms with Gasteiger partial charge in [0.1, 0.15) is 11.5 Å². The molecule has 1 saturated carbocycles. The Bertz CT molecular complexity index is 663. The Labute approximate surface area is 123 Å². The maximum atomic E-state index is 6.19. The largest absolute Gasteiger partial charge is 0.497 e. The third-order valence-electron chi connectivity index (χ3n) is 4.22. The molecule has 7 heteroatoms. The minimum Gasteiger partial charge on any atom is -0.497 e. The molecule has 1 fully saturated rings. The van der Waals surface area contributed by atoms with Gasteiger partial charge in [-0.15, -0.1) is 5.10 Å². The summed E-state index contributed by atoms with van der Waals surface area (Å²) in [7, 11) is 3.18. The number of methoxy groups -OCH3 is 2. The van der Waals surface area contributed by atoms with E-state index in [2.05, 4.69) is 22.4 Å². The summed E-state index contributed by atoms with van der Waals surface area (Å²) < 4.78 is 12.5. The number of hydrogen-bond donors (Lipinski definition) is 1. The topological polar surface area (TPSA) is 88.1 Å². The molecule has 0 aliphatic heterocycles. The van der Waals surface area contributed by atoms with Crippen LogP contribution in [0.1, 0.15) is 26.2 Å². The van der Waals surface area contributed by atoms with Crippen LogP contribution < -0.4 is 15.2 Å². The molecule has 0 atom stereocenters. The lowest BCUT2D eigenvalue weighted by atomic mass is 9.78. The van der Waals surface area contributed by atoms with Crippen molar-refractivity contribution in [3.8, 4) is 22.9 Å². The number of tetrazole rings is 1. The Balaban J connectivity index is 2.15. The third kappa shape index (κ3) is 2.09. The molecule has 1 aliphatic rings. The van der Waals surface area contributed by atoms with Crippen LogP contribution in [0.3, 0.4) is 0 Å². The smallest absolute Gasteiger partial charge is 0.184 e. The van der Waals surface area contributed by atoms with Gasteiger partial charge in [-0.25, -0.2) is 4.68 Å². The molecule has 0 spiro atoms. The van der Waals surface area contributed by atoms with Crippen LogP contribution in [-0.2, 0) is 5.54 Å². The van der Waals surface area contributed by atoms with Gasteiger partial charge in [-0.2, -0.15) is 0 Å². The minimum atomic E-state index is -0.0401. The summed E-state index contributed by atoms with van der Waals surface area (Å²) in [6, 6.07) is 3.58. The van der Waals surface area contributed by atoms with E-state index in [1.165, 1.54) is 6.42 Å². The summed E-state index contributed by atoms with van der Waals surface area (Å²) in [4.78, 5) is 0. The molecule has 7 nitrogen and oxygen atoms in total. The van der Waals surface area contributed by atoms with Gasteiger partial charge in [-0.1, -0.05) is 0 Å². The summed E-state index contributed by atoms with van der Waals surface area (Å²) in [6.07, 6.45) is 3.31. The number of nitrogen functional groups attached to an aromatic ring is 1. The molecule has 1 aromatic carbocycles. The van der Waals surface area contributed by atoms with E-state index >= 15 is 0 Å². The van der Waals surface area contributed by atoms with Gasteiger partial charge in [-0.3, -0.25) is 0 Å². The van der Waals surface area contributed by atoms with E-state index in [1.807, 2.05) is 10.7 Å². The van der Waals surface area contributed by atoms with Crippen molar-refractivity contribution in [3.05, 3.63) is 12.1 Å². The van der Waals surface area contributed by atoms with Crippen LogP contribution in [0.15, 0.2) is 12.1 Å². The quantitative estimate of drug-likeness (QED) is 0.864. The van der Waals surface area contributed by atoms with Crippen molar-refractivity contribution in [3.63, 3.8) is 0 Å². The van der Waals surface area contributed by atoms with Crippen LogP contribution in [0.4, 0.5) is 5.69 Å². The first kappa shape index (κ1) is 13.7. The van der Waals surface area contributed by atoms with Crippen molar-refractivity contribution in [2.75, 3.05) is 20.0 Å². The fourth-order valence-electron chi connectivity index (χ4n) is 2.69. The van der Waals surface area contributed by atoms with Crippen LogP contribution in [0.25, 0.3) is 11.4 Å². The molecule has 112 valence electrons. The Morgan fingerprint density at radius 1 is 1.24 bits per heavy atom. The lowest BCUT2D eigenvalue weighted by Gasteiger charge is -2.38. The second-order valence-electron chi connectivity index (χ2n) is 5.56. The van der Waals surface area contributed by atoms with Crippen molar-refractivity contribution >= 4 is 5.69 Å². The molecule has 21 heavy (non-hydrogen) atoms. The third-order valence-corrected chi connectivity index (χ3v) is 4.22. The highest BCUT2D eigenvalue weighted by Gasteiger charge is 2.37. The van der Waals surface area contributed by atoms with Crippen LogP contribution in [-0.4, -0.2) is 34.4 Å². The zero-order chi connectivity index (χ0) is 15.0. The van der Waals surface area contributed by atoms with E-state index in [1.54, 1.807) is 20.3 Å². The first-order chi connectivity index (χ1) is 10.1. The molecule has 3 rings (SSSR count). The molecule has 2 aromatic rings. The van der Waals surface area contributed by atoms with Gasteiger partial charge < -0.3 is 15.2 Å². The van der Waals surface area contributed by atoms with E-state index in [0.29, 0.717) is 23.0 Å². The zero-order valence-corrected chi connectivity index (χ0v) is 12.5. The van der Waals surface area contributed by atoms with Crippen molar-refractivity contribution in [2.45, 2.75) is 31.7 Å². The van der Waals surface area contributed by atoms with Gasteiger partial charge in [0.05, 0.1) is 31.0 Å². The van der Waals surface area contributed by atoms with Crippen LogP contribution >= 0.6 is 0 Å². The van der Waals surface area contributed by atoms with E-state index in [0.717, 1.165) is 18.4 Å². The molecule has 0 unspecified atom stereocenters. The standard InChI is InChI=1S/C14H19N5O2/c1-14(5-4-6-14)19-13(16-17-18-19)10-7-9(20-2)8-11(21-3)12(10)15/h7-8H,4-6,15H2,1-3H3. The molecule has 1 aromatic heterocycles. The summed E-state index contributed by atoms with van der Waals surface area (Å²) in [6.45, 7) is 2.16. The monoisotopic (exact) mass is 289 g/mol. The number of hydrogen-bond acceptors (Lipinski definition) is 6. The number of nitrogens with two attached hydrogens (primary N) is 1. The first-order valence-electron chi connectivity index (χ1n) is 6.90. The molecule has 2 N–H and O–H groups in total. The molecule has 0 saturated heterocycles. The van der Waals surface area contributed by atoms with Gasteiger partial charge in [0.25, 0.3) is 0 Å². The highest BCUT2D eigenvalue weighted by atomic mass is 16.5. The number of ether oxygens (including phenoxy) is 2. The van der Waals surface area contributed by atoms with Crippen molar-refractivity contribution in [2.24, 2.45) is 0 Å². The predicted octanol–water partition coefficient (Wildman–Crippen LogP) is 1.84. The zero-order valence-electron chi connectivity index (χ0n) is 12.5. The van der Waals surface area contributed by atoms with Crippen LogP contribution in [0.5, 0.6) is 11.5 Å². The number of anilines is 1. The fraction of sp³-hybridized carbons (Fsp3) is 0.500. The van der Waals surface area contributed by atoms with E-state index in [4.69, 9.17) is 15.2 Å². The normalized spacial score (nSPS) is 16.3. The second-order valence-corrected chi connectivity index (χ2v) is 5.56. The minimum absolute atomic E-state index is 0.0401. The molecular formula is C14H19N5O2. The van der Waals surface area contributed by atoms with E-state index in [9.17, 15) is 0 Å². The SMILES string of the molecule is COc1cc(OC)c(N)c(-c2nnnn2C2(C)CCC2)c1. The Hall–Kier alpha value is -2.31. The summed E-state index contributed by atoms with van der Waals surface area (Å²) >= 11 is 0. The summed E-state index contributed by atoms with van der Waals surface area (Å²) in [5.74, 6) is 1.86. The molecule has 1 heterocycles. The maximum Gasteiger partial charge on any atom is 0.184 e. The van der Waals surface area contributed by atoms with Crippen molar-refractivity contribution in [1.82, 2.24) is 20.2 Å². The van der Waals surface area contributed by atoms with Crippen molar-refractivity contribution < 1.29 is 9.47 Å². The summed E-state index contributed by atoms with van der Waals surface area (Å²) in [5.41, 5.74) is 7.39. The molecule has 0 amide bonds. The Morgan fingerprint density at radius 3 is 2.57 bits per heavy atom. The van der Waals surface area contributed by atoms with E-state index < -0.39 is 0 Å². The highest BCUT2D eigenvalue weighted by Crippen LogP contribution is 2.42. The van der Waals surface area contributed by atoms with Crippen LogP contribution in [0.2, 0.25) is 0 Å². The highest BCUT2D eigenvalue weighted by molar-refractivity contribution is 5.78. The Morgan fingerprint density at radius 2 is 2.00 bits per heavy atom.